The summed E-state index contributed by atoms with van der Waals surface area (Å²) in [5.41, 5.74) is 0.925. The maximum Gasteiger partial charge on any atom is 0.225 e. The van der Waals surface area contributed by atoms with Gasteiger partial charge in [-0.25, -0.2) is 0 Å². The van der Waals surface area contributed by atoms with Crippen LogP contribution < -0.4 is 0 Å². The van der Waals surface area contributed by atoms with E-state index in [-0.39, 0.29) is 17.9 Å². The summed E-state index contributed by atoms with van der Waals surface area (Å²) in [5.74, 6) is -0.0752. The lowest BCUT2D eigenvalue weighted by atomic mass is 9.98. The molecule has 1 aromatic carbocycles. The first kappa shape index (κ1) is 15.6. The molecule has 3 nitrogen and oxygen atoms in total. The number of rotatable bonds is 3. The molecule has 1 aliphatic rings. The Morgan fingerprint density at radius 2 is 2.25 bits per heavy atom. The highest BCUT2D eigenvalue weighted by Gasteiger charge is 2.26. The molecule has 2 rings (SSSR count). The number of hydrogen-bond donors (Lipinski definition) is 1. The van der Waals surface area contributed by atoms with E-state index in [9.17, 15) is 9.90 Å². The predicted molar refractivity (Wildman–Crippen MR) is 81.2 cm³/mol. The van der Waals surface area contributed by atoms with Crippen LogP contribution in [0, 0.1) is 5.92 Å². The van der Waals surface area contributed by atoms with Crippen LogP contribution >= 0.6 is 23.2 Å². The van der Waals surface area contributed by atoms with Crippen LogP contribution in [0.15, 0.2) is 18.2 Å². The molecule has 0 saturated carbocycles. The molecule has 110 valence electrons. The number of β-amino-alcohol motifs (C(OH)–C–C–N with tert-alkyl or cyclic N) is 1. The molecular weight excluding hydrogens is 297 g/mol. The minimum atomic E-state index is -0.390. The Hall–Kier alpha value is -0.770. The van der Waals surface area contributed by atoms with E-state index in [1.165, 1.54) is 0 Å². The first-order valence-corrected chi connectivity index (χ1v) is 7.63. The van der Waals surface area contributed by atoms with E-state index in [0.717, 1.165) is 24.9 Å². The summed E-state index contributed by atoms with van der Waals surface area (Å²) in [5, 5.41) is 10.8. The van der Waals surface area contributed by atoms with Crippen molar-refractivity contribution in [1.29, 1.82) is 0 Å². The molecule has 1 aromatic rings. The van der Waals surface area contributed by atoms with Gasteiger partial charge in [-0.2, -0.15) is 0 Å². The summed E-state index contributed by atoms with van der Waals surface area (Å²) in [7, 11) is 0. The van der Waals surface area contributed by atoms with E-state index in [2.05, 4.69) is 0 Å². The van der Waals surface area contributed by atoms with Gasteiger partial charge in [-0.1, -0.05) is 36.2 Å². The van der Waals surface area contributed by atoms with Crippen LogP contribution in [0.3, 0.4) is 0 Å². The third-order valence-electron chi connectivity index (χ3n) is 3.67. The zero-order chi connectivity index (χ0) is 14.7. The number of halogens is 2. The molecule has 0 aliphatic carbocycles. The van der Waals surface area contributed by atoms with Crippen LogP contribution in [-0.2, 0) is 11.2 Å². The van der Waals surface area contributed by atoms with Gasteiger partial charge >= 0.3 is 0 Å². The third-order valence-corrected chi connectivity index (χ3v) is 4.26. The fourth-order valence-electron chi connectivity index (χ4n) is 2.57. The van der Waals surface area contributed by atoms with Crippen LogP contribution in [0.4, 0.5) is 0 Å². The van der Waals surface area contributed by atoms with Crippen molar-refractivity contribution in [3.63, 3.8) is 0 Å². The number of amides is 1. The number of carbonyl (C=O) groups excluding carboxylic acids is 1. The van der Waals surface area contributed by atoms with E-state index < -0.39 is 0 Å². The Bertz CT molecular complexity index is 493. The van der Waals surface area contributed by atoms with Gasteiger partial charge in [0, 0.05) is 29.1 Å². The molecule has 2 unspecified atom stereocenters. The minimum Gasteiger partial charge on any atom is -0.391 e. The van der Waals surface area contributed by atoms with E-state index in [1.807, 2.05) is 13.0 Å². The lowest BCUT2D eigenvalue weighted by molar-refractivity contribution is -0.138. The highest BCUT2D eigenvalue weighted by atomic mass is 35.5. The zero-order valence-electron chi connectivity index (χ0n) is 11.5. The van der Waals surface area contributed by atoms with Crippen molar-refractivity contribution in [2.24, 2.45) is 5.92 Å². The van der Waals surface area contributed by atoms with Crippen LogP contribution in [0.2, 0.25) is 10.0 Å². The second kappa shape index (κ2) is 6.79. The van der Waals surface area contributed by atoms with Gasteiger partial charge in [0.15, 0.2) is 0 Å². The van der Waals surface area contributed by atoms with Crippen molar-refractivity contribution in [1.82, 2.24) is 4.90 Å². The lowest BCUT2D eigenvalue weighted by Crippen LogP contribution is -2.44. The third kappa shape index (κ3) is 3.87. The van der Waals surface area contributed by atoms with Gasteiger partial charge in [0.1, 0.15) is 0 Å². The summed E-state index contributed by atoms with van der Waals surface area (Å²) >= 11 is 12.0. The Labute approximate surface area is 129 Å². The minimum absolute atomic E-state index is 0.0785. The molecule has 0 radical (unpaired) electrons. The zero-order valence-corrected chi connectivity index (χ0v) is 13.0. The Morgan fingerprint density at radius 1 is 1.50 bits per heavy atom. The molecule has 0 aromatic heterocycles. The van der Waals surface area contributed by atoms with Crippen molar-refractivity contribution in [2.45, 2.75) is 32.3 Å². The number of carbonyl (C=O) groups is 1. The molecule has 20 heavy (non-hydrogen) atoms. The van der Waals surface area contributed by atoms with Gasteiger partial charge in [0.25, 0.3) is 0 Å². The van der Waals surface area contributed by atoms with Crippen LogP contribution in [-0.4, -0.2) is 35.1 Å². The SMILES string of the molecule is CC(Cc1ccc(Cl)cc1Cl)C(=O)N1CCCC(O)C1. The molecule has 1 N–H and O–H groups in total. The fraction of sp³-hybridized carbons (Fsp3) is 0.533. The van der Waals surface area contributed by atoms with Gasteiger partial charge in [0.2, 0.25) is 5.91 Å². The molecular formula is C15H19Cl2NO2. The molecule has 5 heteroatoms. The van der Waals surface area contributed by atoms with Crippen molar-refractivity contribution in [2.75, 3.05) is 13.1 Å². The average Bonchev–Trinajstić information content (AvgIpc) is 2.41. The highest BCUT2D eigenvalue weighted by Crippen LogP contribution is 2.24. The summed E-state index contributed by atoms with van der Waals surface area (Å²) < 4.78 is 0. The number of piperidine rings is 1. The number of nitrogens with zero attached hydrogens (tertiary/aromatic N) is 1. The predicted octanol–water partition coefficient (Wildman–Crippen LogP) is 3.16. The van der Waals surface area contributed by atoms with E-state index in [0.29, 0.717) is 23.0 Å². The molecule has 0 spiro atoms. The number of aliphatic hydroxyl groups is 1. The van der Waals surface area contributed by atoms with Crippen molar-refractivity contribution in [3.05, 3.63) is 33.8 Å². The van der Waals surface area contributed by atoms with Crippen molar-refractivity contribution in [3.8, 4) is 0 Å². The average molecular weight is 316 g/mol. The van der Waals surface area contributed by atoms with Crippen molar-refractivity contribution < 1.29 is 9.90 Å². The molecule has 1 saturated heterocycles. The topological polar surface area (TPSA) is 40.5 Å². The molecule has 1 amide bonds. The van der Waals surface area contributed by atoms with Gasteiger partial charge in [-0.05, 0) is 37.0 Å². The van der Waals surface area contributed by atoms with Crippen LogP contribution in [0.1, 0.15) is 25.3 Å². The Morgan fingerprint density at radius 3 is 2.90 bits per heavy atom. The summed E-state index contributed by atoms with van der Waals surface area (Å²) in [6, 6.07) is 5.34. The second-order valence-corrected chi connectivity index (χ2v) is 6.26. The van der Waals surface area contributed by atoms with Gasteiger partial charge in [-0.15, -0.1) is 0 Å². The van der Waals surface area contributed by atoms with E-state index >= 15 is 0 Å². The maximum atomic E-state index is 12.4. The number of benzene rings is 1. The van der Waals surface area contributed by atoms with Crippen LogP contribution in [0.5, 0.6) is 0 Å². The highest BCUT2D eigenvalue weighted by molar-refractivity contribution is 6.35. The van der Waals surface area contributed by atoms with Crippen LogP contribution in [0.25, 0.3) is 0 Å². The van der Waals surface area contributed by atoms with Gasteiger partial charge in [0.05, 0.1) is 6.10 Å². The molecule has 0 bridgehead atoms. The summed E-state index contributed by atoms with van der Waals surface area (Å²) in [6.07, 6.45) is 1.84. The quantitative estimate of drug-likeness (QED) is 0.930. The van der Waals surface area contributed by atoms with Gasteiger partial charge in [-0.3, -0.25) is 4.79 Å². The summed E-state index contributed by atoms with van der Waals surface area (Å²) in [4.78, 5) is 14.1. The maximum absolute atomic E-state index is 12.4. The number of hydrogen-bond acceptors (Lipinski definition) is 2. The normalized spacial score (nSPS) is 20.8. The Balaban J connectivity index is 2.00. The Kier molecular flexibility index (Phi) is 5.30. The van der Waals surface area contributed by atoms with Crippen molar-refractivity contribution >= 4 is 29.1 Å². The smallest absolute Gasteiger partial charge is 0.225 e. The molecule has 2 atom stereocenters. The fourth-order valence-corrected chi connectivity index (χ4v) is 3.06. The molecule has 1 fully saturated rings. The molecule has 1 heterocycles. The summed E-state index contributed by atoms with van der Waals surface area (Å²) in [6.45, 7) is 3.07. The second-order valence-electron chi connectivity index (χ2n) is 5.42. The monoisotopic (exact) mass is 315 g/mol. The molecule has 1 aliphatic heterocycles. The van der Waals surface area contributed by atoms with Gasteiger partial charge < -0.3 is 10.0 Å². The largest absolute Gasteiger partial charge is 0.391 e. The first-order valence-electron chi connectivity index (χ1n) is 6.88. The number of aliphatic hydroxyl groups excluding tert-OH is 1. The van der Waals surface area contributed by atoms with E-state index in [1.54, 1.807) is 17.0 Å². The number of likely N-dealkylation sites (tertiary alicyclic amines) is 1. The standard InChI is InChI=1S/C15H19Cl2NO2/c1-10(7-11-4-5-12(16)8-14(11)17)15(20)18-6-2-3-13(19)9-18/h4-5,8,10,13,19H,2-3,6-7,9H2,1H3. The lowest BCUT2D eigenvalue weighted by Gasteiger charge is -2.32. The van der Waals surface area contributed by atoms with E-state index in [4.69, 9.17) is 23.2 Å². The first-order chi connectivity index (χ1) is 9.47.